The molecule has 0 atom stereocenters. The van der Waals surface area contributed by atoms with Crippen molar-refractivity contribution in [1.29, 1.82) is 0 Å². The van der Waals surface area contributed by atoms with E-state index in [9.17, 15) is 8.42 Å². The second kappa shape index (κ2) is 3.69. The van der Waals surface area contributed by atoms with E-state index in [0.29, 0.717) is 0 Å². The standard InChI is InChI=1S/C7H14N4O3S/c1-7(2,15(3,12)13)4-9-6-11-10-5(8)14-6/h4H2,1-3H3,(H2,8,10)(H,9,11). The summed E-state index contributed by atoms with van der Waals surface area (Å²) < 4.78 is 26.6. The molecule has 7 nitrogen and oxygen atoms in total. The lowest BCUT2D eigenvalue weighted by atomic mass is 10.2. The van der Waals surface area contributed by atoms with Crippen LogP contribution in [0.5, 0.6) is 0 Å². The SMILES string of the molecule is CC(C)(CNc1nnc(N)o1)S(C)(=O)=O. The monoisotopic (exact) mass is 234 g/mol. The summed E-state index contributed by atoms with van der Waals surface area (Å²) in [4.78, 5) is 0. The lowest BCUT2D eigenvalue weighted by molar-refractivity contribution is 0.549. The molecule has 86 valence electrons. The highest BCUT2D eigenvalue weighted by atomic mass is 32.2. The maximum absolute atomic E-state index is 11.3. The van der Waals surface area contributed by atoms with Crippen LogP contribution in [0.15, 0.2) is 4.42 Å². The lowest BCUT2D eigenvalue weighted by Gasteiger charge is -2.21. The molecule has 0 spiro atoms. The van der Waals surface area contributed by atoms with Gasteiger partial charge in [-0.05, 0) is 13.8 Å². The third-order valence-electron chi connectivity index (χ3n) is 2.11. The van der Waals surface area contributed by atoms with E-state index >= 15 is 0 Å². The average Bonchev–Trinajstić information content (AvgIpc) is 2.46. The molecule has 0 aromatic carbocycles. The van der Waals surface area contributed by atoms with Crippen molar-refractivity contribution < 1.29 is 12.8 Å². The van der Waals surface area contributed by atoms with Crippen LogP contribution in [0.4, 0.5) is 12.0 Å². The summed E-state index contributed by atoms with van der Waals surface area (Å²) in [5, 5.41) is 9.69. The van der Waals surface area contributed by atoms with Gasteiger partial charge in [-0.15, -0.1) is 0 Å². The van der Waals surface area contributed by atoms with Gasteiger partial charge in [0.1, 0.15) is 0 Å². The fraction of sp³-hybridized carbons (Fsp3) is 0.714. The van der Waals surface area contributed by atoms with Crippen molar-refractivity contribution in [1.82, 2.24) is 10.2 Å². The minimum absolute atomic E-state index is 0.0605. The Bertz CT molecular complexity index is 437. The van der Waals surface area contributed by atoms with Crippen LogP contribution < -0.4 is 11.1 Å². The van der Waals surface area contributed by atoms with Crippen LogP contribution in [-0.4, -0.2) is 36.2 Å². The molecule has 0 saturated heterocycles. The summed E-state index contributed by atoms with van der Waals surface area (Å²) in [5.74, 6) is 0. The van der Waals surface area contributed by atoms with Gasteiger partial charge in [-0.2, -0.15) is 0 Å². The van der Waals surface area contributed by atoms with Crippen molar-refractivity contribution in [3.63, 3.8) is 0 Å². The van der Waals surface area contributed by atoms with Crippen LogP contribution in [0, 0.1) is 0 Å². The number of nitrogens with two attached hydrogens (primary N) is 1. The molecule has 1 heterocycles. The van der Waals surface area contributed by atoms with Crippen LogP contribution in [0.3, 0.4) is 0 Å². The van der Waals surface area contributed by atoms with Gasteiger partial charge in [0, 0.05) is 12.8 Å². The van der Waals surface area contributed by atoms with Crippen molar-refractivity contribution in [3.05, 3.63) is 0 Å². The van der Waals surface area contributed by atoms with E-state index in [1.807, 2.05) is 0 Å². The molecule has 0 aliphatic carbocycles. The number of rotatable bonds is 4. The summed E-state index contributed by atoms with van der Waals surface area (Å²) in [6, 6.07) is 0.0545. The molecule has 3 N–H and O–H groups in total. The topological polar surface area (TPSA) is 111 Å². The highest BCUT2D eigenvalue weighted by Crippen LogP contribution is 2.16. The zero-order chi connectivity index (χ0) is 11.7. The quantitative estimate of drug-likeness (QED) is 0.747. The molecule has 0 saturated carbocycles. The van der Waals surface area contributed by atoms with Crippen LogP contribution in [0.1, 0.15) is 13.8 Å². The van der Waals surface area contributed by atoms with E-state index in [1.54, 1.807) is 13.8 Å². The van der Waals surface area contributed by atoms with Crippen molar-refractivity contribution in [2.75, 3.05) is 23.9 Å². The Morgan fingerprint density at radius 2 is 2.07 bits per heavy atom. The number of anilines is 2. The summed E-state index contributed by atoms with van der Waals surface area (Å²) in [5.41, 5.74) is 5.21. The van der Waals surface area contributed by atoms with Gasteiger partial charge in [0.2, 0.25) is 0 Å². The predicted octanol–water partition coefficient (Wildman–Crippen LogP) is -0.113. The van der Waals surface area contributed by atoms with E-state index < -0.39 is 14.6 Å². The summed E-state index contributed by atoms with van der Waals surface area (Å²) >= 11 is 0. The van der Waals surface area contributed by atoms with Crippen molar-refractivity contribution in [2.24, 2.45) is 0 Å². The molecule has 1 aromatic rings. The van der Waals surface area contributed by atoms with E-state index in [-0.39, 0.29) is 18.6 Å². The van der Waals surface area contributed by atoms with Gasteiger partial charge in [-0.1, -0.05) is 10.2 Å². The molecule has 0 amide bonds. The second-order valence-electron chi connectivity index (χ2n) is 3.83. The molecule has 15 heavy (non-hydrogen) atoms. The Labute approximate surface area is 88.0 Å². The maximum Gasteiger partial charge on any atom is 0.316 e. The number of nitrogens with one attached hydrogen (secondary N) is 1. The summed E-state index contributed by atoms with van der Waals surface area (Å²) in [6.07, 6.45) is 1.18. The van der Waals surface area contributed by atoms with Gasteiger partial charge in [0.25, 0.3) is 0 Å². The molecule has 0 aliphatic rings. The van der Waals surface area contributed by atoms with Crippen LogP contribution >= 0.6 is 0 Å². The molecule has 0 fully saturated rings. The molecular weight excluding hydrogens is 220 g/mol. The average molecular weight is 234 g/mol. The molecule has 1 rings (SSSR count). The fourth-order valence-corrected chi connectivity index (χ4v) is 1.06. The molecular formula is C7H14N4O3S. The predicted molar refractivity (Wildman–Crippen MR) is 56.1 cm³/mol. The van der Waals surface area contributed by atoms with Crippen LogP contribution in [-0.2, 0) is 9.84 Å². The third-order valence-corrected chi connectivity index (χ3v) is 4.26. The number of nitrogens with zero attached hydrogens (tertiary/aromatic N) is 2. The minimum Gasteiger partial charge on any atom is -0.390 e. The summed E-state index contributed by atoms with van der Waals surface area (Å²) in [7, 11) is -3.15. The molecule has 0 unspecified atom stereocenters. The van der Waals surface area contributed by atoms with Gasteiger partial charge in [0.05, 0.1) is 4.75 Å². The second-order valence-corrected chi connectivity index (χ2v) is 6.48. The number of hydrogen-bond donors (Lipinski definition) is 2. The molecule has 0 bridgehead atoms. The first-order valence-corrected chi connectivity index (χ1v) is 6.14. The molecule has 0 aliphatic heterocycles. The smallest absolute Gasteiger partial charge is 0.316 e. The first-order chi connectivity index (χ1) is 6.72. The number of sulfone groups is 1. The number of hydrogen-bond acceptors (Lipinski definition) is 7. The first-order valence-electron chi connectivity index (χ1n) is 4.25. The minimum atomic E-state index is -3.15. The zero-order valence-corrected chi connectivity index (χ0v) is 9.63. The lowest BCUT2D eigenvalue weighted by Crippen LogP contribution is -2.38. The normalized spacial score (nSPS) is 12.7. The highest BCUT2D eigenvalue weighted by molar-refractivity contribution is 7.92. The van der Waals surface area contributed by atoms with Gasteiger partial charge < -0.3 is 15.5 Å². The Balaban J connectivity index is 2.65. The Hall–Kier alpha value is -1.31. The molecule has 1 aromatic heterocycles. The largest absolute Gasteiger partial charge is 0.390 e. The fourth-order valence-electron chi connectivity index (χ4n) is 0.726. The van der Waals surface area contributed by atoms with Gasteiger partial charge in [-0.25, -0.2) is 8.42 Å². The Kier molecular flexibility index (Phi) is 2.89. The first kappa shape index (κ1) is 11.8. The van der Waals surface area contributed by atoms with Gasteiger partial charge >= 0.3 is 12.0 Å². The van der Waals surface area contributed by atoms with Crippen LogP contribution in [0.2, 0.25) is 0 Å². The van der Waals surface area contributed by atoms with Crippen molar-refractivity contribution >= 4 is 21.9 Å². The summed E-state index contributed by atoms with van der Waals surface area (Å²) in [6.45, 7) is 3.39. The van der Waals surface area contributed by atoms with E-state index in [2.05, 4.69) is 15.5 Å². The molecule has 8 heteroatoms. The van der Waals surface area contributed by atoms with Gasteiger partial charge in [0.15, 0.2) is 9.84 Å². The number of aromatic nitrogens is 2. The Morgan fingerprint density at radius 3 is 2.47 bits per heavy atom. The van der Waals surface area contributed by atoms with Crippen molar-refractivity contribution in [2.45, 2.75) is 18.6 Å². The maximum atomic E-state index is 11.3. The van der Waals surface area contributed by atoms with E-state index in [1.165, 1.54) is 6.26 Å². The Morgan fingerprint density at radius 1 is 1.47 bits per heavy atom. The zero-order valence-electron chi connectivity index (χ0n) is 8.81. The third kappa shape index (κ3) is 2.82. The van der Waals surface area contributed by atoms with E-state index in [4.69, 9.17) is 10.2 Å². The molecule has 0 radical (unpaired) electrons. The van der Waals surface area contributed by atoms with Crippen molar-refractivity contribution in [3.8, 4) is 0 Å². The van der Waals surface area contributed by atoms with Gasteiger partial charge in [-0.3, -0.25) is 0 Å². The highest BCUT2D eigenvalue weighted by Gasteiger charge is 2.30. The van der Waals surface area contributed by atoms with E-state index in [0.717, 1.165) is 0 Å². The number of nitrogen functional groups attached to an aromatic ring is 1. The van der Waals surface area contributed by atoms with Crippen LogP contribution in [0.25, 0.3) is 0 Å².